The van der Waals surface area contributed by atoms with Crippen LogP contribution in [-0.2, 0) is 0 Å². The standard InChI is InChI=1S/C14H16N4O2.C4H10/c1-9(10-6-4-3-5-7-10)18-12(13(15)19)8-11(17-18)14(20)16-2;1-3-4-2/h3-9H,1-2H3,(H2,15,19)(H,16,20);3-4H2,1-2H3. The van der Waals surface area contributed by atoms with Gasteiger partial charge in [-0.05, 0) is 12.5 Å². The van der Waals surface area contributed by atoms with Gasteiger partial charge in [-0.15, -0.1) is 0 Å². The Labute approximate surface area is 143 Å². The summed E-state index contributed by atoms with van der Waals surface area (Å²) in [7, 11) is 1.51. The Bertz CT molecular complexity index is 663. The summed E-state index contributed by atoms with van der Waals surface area (Å²) in [6.07, 6.45) is 2.64. The van der Waals surface area contributed by atoms with Crippen molar-refractivity contribution < 1.29 is 9.59 Å². The van der Waals surface area contributed by atoms with Gasteiger partial charge in [0, 0.05) is 13.1 Å². The summed E-state index contributed by atoms with van der Waals surface area (Å²) in [4.78, 5) is 23.1. The number of nitrogens with two attached hydrogens (primary N) is 1. The van der Waals surface area contributed by atoms with E-state index in [0.29, 0.717) is 0 Å². The van der Waals surface area contributed by atoms with Gasteiger partial charge >= 0.3 is 0 Å². The number of carbonyl (C=O) groups excluding carboxylic acids is 2. The molecule has 1 unspecified atom stereocenters. The molecule has 0 aliphatic rings. The summed E-state index contributed by atoms with van der Waals surface area (Å²) >= 11 is 0. The Kier molecular flexibility index (Phi) is 7.68. The number of rotatable bonds is 5. The summed E-state index contributed by atoms with van der Waals surface area (Å²) in [6, 6.07) is 10.8. The smallest absolute Gasteiger partial charge is 0.271 e. The summed E-state index contributed by atoms with van der Waals surface area (Å²) in [5.41, 5.74) is 6.71. The van der Waals surface area contributed by atoms with Crippen LogP contribution in [0.15, 0.2) is 36.4 Å². The van der Waals surface area contributed by atoms with E-state index in [0.717, 1.165) is 5.56 Å². The predicted molar refractivity (Wildman–Crippen MR) is 95.0 cm³/mol. The number of unbranched alkanes of at least 4 members (excludes halogenated alkanes) is 1. The lowest BCUT2D eigenvalue weighted by atomic mass is 10.1. The van der Waals surface area contributed by atoms with Gasteiger partial charge in [0.05, 0.1) is 6.04 Å². The SMILES string of the molecule is CCCC.CNC(=O)c1cc(C(N)=O)n(C(C)c2ccccc2)n1. The molecule has 6 heteroatoms. The molecule has 1 atom stereocenters. The molecule has 2 aromatic rings. The minimum absolute atomic E-state index is 0.170. The van der Waals surface area contributed by atoms with Crippen molar-refractivity contribution in [3.05, 3.63) is 53.3 Å². The van der Waals surface area contributed by atoms with Crippen LogP contribution >= 0.6 is 0 Å². The van der Waals surface area contributed by atoms with Crippen LogP contribution in [0.4, 0.5) is 0 Å². The molecular formula is C18H26N4O2. The molecule has 0 bridgehead atoms. The molecule has 0 radical (unpaired) electrons. The molecule has 0 spiro atoms. The first-order valence-electron chi connectivity index (χ1n) is 8.12. The Morgan fingerprint density at radius 3 is 2.25 bits per heavy atom. The molecule has 1 aromatic carbocycles. The topological polar surface area (TPSA) is 90.0 Å². The highest BCUT2D eigenvalue weighted by molar-refractivity contribution is 5.97. The first-order chi connectivity index (χ1) is 11.5. The number of benzene rings is 1. The van der Waals surface area contributed by atoms with Crippen molar-refractivity contribution in [3.8, 4) is 0 Å². The molecule has 0 saturated heterocycles. The third-order valence-electron chi connectivity index (χ3n) is 3.60. The number of hydrogen-bond acceptors (Lipinski definition) is 3. The third-order valence-corrected chi connectivity index (χ3v) is 3.60. The zero-order valence-electron chi connectivity index (χ0n) is 14.7. The fourth-order valence-corrected chi connectivity index (χ4v) is 1.99. The van der Waals surface area contributed by atoms with E-state index in [1.165, 1.54) is 30.6 Å². The number of nitrogens with one attached hydrogen (secondary N) is 1. The number of amides is 2. The number of primary amides is 1. The molecule has 1 aromatic heterocycles. The zero-order chi connectivity index (χ0) is 18.1. The van der Waals surface area contributed by atoms with Gasteiger partial charge in [-0.25, -0.2) is 0 Å². The first-order valence-corrected chi connectivity index (χ1v) is 8.12. The zero-order valence-corrected chi connectivity index (χ0v) is 14.7. The van der Waals surface area contributed by atoms with Crippen LogP contribution in [0.3, 0.4) is 0 Å². The summed E-state index contributed by atoms with van der Waals surface area (Å²) in [5, 5.41) is 6.65. The van der Waals surface area contributed by atoms with E-state index in [4.69, 9.17) is 5.73 Å². The van der Waals surface area contributed by atoms with Crippen LogP contribution in [0, 0.1) is 0 Å². The maximum Gasteiger partial charge on any atom is 0.271 e. The van der Waals surface area contributed by atoms with E-state index in [1.807, 2.05) is 37.3 Å². The molecule has 24 heavy (non-hydrogen) atoms. The average Bonchev–Trinajstić information content (AvgIpc) is 3.07. The Morgan fingerprint density at radius 2 is 1.79 bits per heavy atom. The monoisotopic (exact) mass is 330 g/mol. The molecule has 0 saturated carbocycles. The van der Waals surface area contributed by atoms with Gasteiger partial charge in [-0.2, -0.15) is 5.10 Å². The normalized spacial score (nSPS) is 11.2. The predicted octanol–water partition coefficient (Wildman–Crippen LogP) is 2.76. The van der Waals surface area contributed by atoms with Gasteiger partial charge in [-0.1, -0.05) is 57.0 Å². The maximum atomic E-state index is 11.6. The van der Waals surface area contributed by atoms with Crippen molar-refractivity contribution in [2.75, 3.05) is 7.05 Å². The van der Waals surface area contributed by atoms with E-state index in [9.17, 15) is 9.59 Å². The third kappa shape index (κ3) is 4.94. The van der Waals surface area contributed by atoms with Crippen LogP contribution in [0.25, 0.3) is 0 Å². The average molecular weight is 330 g/mol. The molecule has 130 valence electrons. The van der Waals surface area contributed by atoms with Crippen molar-refractivity contribution in [2.45, 2.75) is 39.7 Å². The number of aromatic nitrogens is 2. The number of hydrogen-bond donors (Lipinski definition) is 2. The maximum absolute atomic E-state index is 11.6. The minimum atomic E-state index is -0.615. The van der Waals surface area contributed by atoms with E-state index < -0.39 is 5.91 Å². The molecule has 2 rings (SSSR count). The molecule has 6 nitrogen and oxygen atoms in total. The van der Waals surface area contributed by atoms with Crippen LogP contribution in [0.2, 0.25) is 0 Å². The van der Waals surface area contributed by atoms with E-state index >= 15 is 0 Å². The highest BCUT2D eigenvalue weighted by atomic mass is 16.2. The Morgan fingerprint density at radius 1 is 1.21 bits per heavy atom. The Balaban J connectivity index is 0.000000648. The van der Waals surface area contributed by atoms with Crippen LogP contribution in [0.5, 0.6) is 0 Å². The molecule has 3 N–H and O–H groups in total. The lowest BCUT2D eigenvalue weighted by Gasteiger charge is -2.14. The van der Waals surface area contributed by atoms with E-state index in [1.54, 1.807) is 0 Å². The summed E-state index contributed by atoms with van der Waals surface area (Å²) < 4.78 is 1.47. The van der Waals surface area contributed by atoms with Crippen LogP contribution in [0.1, 0.15) is 66.2 Å². The van der Waals surface area contributed by atoms with Crippen molar-refractivity contribution >= 4 is 11.8 Å². The van der Waals surface area contributed by atoms with Crippen LogP contribution < -0.4 is 11.1 Å². The molecule has 2 amide bonds. The second-order valence-electron chi connectivity index (χ2n) is 5.39. The second kappa shape index (κ2) is 9.50. The second-order valence-corrected chi connectivity index (χ2v) is 5.39. The molecule has 0 fully saturated rings. The quantitative estimate of drug-likeness (QED) is 0.883. The molecular weight excluding hydrogens is 304 g/mol. The molecule has 0 aliphatic heterocycles. The van der Waals surface area contributed by atoms with Gasteiger partial charge in [0.2, 0.25) is 0 Å². The van der Waals surface area contributed by atoms with Gasteiger partial charge < -0.3 is 11.1 Å². The minimum Gasteiger partial charge on any atom is -0.364 e. The molecule has 1 heterocycles. The highest BCUT2D eigenvalue weighted by Crippen LogP contribution is 2.19. The molecule has 0 aliphatic carbocycles. The lowest BCUT2D eigenvalue weighted by molar-refractivity contribution is 0.0955. The van der Waals surface area contributed by atoms with Crippen molar-refractivity contribution in [1.29, 1.82) is 0 Å². The summed E-state index contributed by atoms with van der Waals surface area (Å²) in [5.74, 6) is -0.970. The first kappa shape index (κ1) is 19.4. The van der Waals surface area contributed by atoms with Crippen molar-refractivity contribution in [2.24, 2.45) is 5.73 Å². The highest BCUT2D eigenvalue weighted by Gasteiger charge is 2.20. The van der Waals surface area contributed by atoms with Gasteiger partial charge in [-0.3, -0.25) is 14.3 Å². The van der Waals surface area contributed by atoms with E-state index in [2.05, 4.69) is 24.3 Å². The van der Waals surface area contributed by atoms with Gasteiger partial charge in [0.25, 0.3) is 11.8 Å². The lowest BCUT2D eigenvalue weighted by Crippen LogP contribution is -2.21. The Hall–Kier alpha value is -2.63. The fraction of sp³-hybridized carbons (Fsp3) is 0.389. The number of carbonyl (C=O) groups is 2. The van der Waals surface area contributed by atoms with Gasteiger partial charge in [0.15, 0.2) is 5.69 Å². The summed E-state index contributed by atoms with van der Waals surface area (Å²) in [6.45, 7) is 6.25. The van der Waals surface area contributed by atoms with Crippen LogP contribution in [-0.4, -0.2) is 28.6 Å². The largest absolute Gasteiger partial charge is 0.364 e. The van der Waals surface area contributed by atoms with E-state index in [-0.39, 0.29) is 23.3 Å². The van der Waals surface area contributed by atoms with Crippen molar-refractivity contribution in [3.63, 3.8) is 0 Å². The van der Waals surface area contributed by atoms with Crippen molar-refractivity contribution in [1.82, 2.24) is 15.1 Å². The fourth-order valence-electron chi connectivity index (χ4n) is 1.99. The number of nitrogens with zero attached hydrogens (tertiary/aromatic N) is 2. The van der Waals surface area contributed by atoms with Gasteiger partial charge in [0.1, 0.15) is 5.69 Å².